The van der Waals surface area contributed by atoms with Crippen molar-refractivity contribution >= 4 is 11.6 Å². The van der Waals surface area contributed by atoms with Crippen LogP contribution in [0.25, 0.3) is 11.3 Å². The summed E-state index contributed by atoms with van der Waals surface area (Å²) in [4.78, 5) is 34.9. The maximum atomic E-state index is 13.2. The number of carbonyl (C=O) groups is 2. The highest BCUT2D eigenvalue weighted by Crippen LogP contribution is 2.24. The Morgan fingerprint density at radius 1 is 0.581 bits per heavy atom. The van der Waals surface area contributed by atoms with Crippen molar-refractivity contribution in [3.63, 3.8) is 0 Å². The molecule has 1 heterocycles. The molecule has 0 bridgehead atoms. The van der Waals surface area contributed by atoms with E-state index in [-0.39, 0.29) is 39.8 Å². The second-order valence-electron chi connectivity index (χ2n) is 6.75. The van der Waals surface area contributed by atoms with E-state index in [1.54, 1.807) is 12.1 Å². The van der Waals surface area contributed by atoms with Gasteiger partial charge in [-0.15, -0.1) is 0 Å². The lowest BCUT2D eigenvalue weighted by molar-refractivity contribution is 0.0996. The first kappa shape index (κ1) is 19.8. The third kappa shape index (κ3) is 4.11. The van der Waals surface area contributed by atoms with Crippen molar-refractivity contribution in [2.75, 3.05) is 0 Å². The van der Waals surface area contributed by atoms with Crippen molar-refractivity contribution in [3.8, 4) is 28.5 Å². The highest BCUT2D eigenvalue weighted by molar-refractivity contribution is 6.17. The number of benzene rings is 3. The van der Waals surface area contributed by atoms with Crippen LogP contribution in [-0.4, -0.2) is 36.9 Å². The molecule has 0 aliphatic heterocycles. The molecule has 0 aliphatic rings. The number of phenols is 3. The van der Waals surface area contributed by atoms with Crippen LogP contribution in [0.4, 0.5) is 0 Å². The Bertz CT molecular complexity index is 1270. The Kier molecular flexibility index (Phi) is 5.15. The van der Waals surface area contributed by atoms with Gasteiger partial charge in [0.2, 0.25) is 11.6 Å². The second-order valence-corrected chi connectivity index (χ2v) is 6.75. The molecule has 3 N–H and O–H groups in total. The van der Waals surface area contributed by atoms with E-state index >= 15 is 0 Å². The third-order valence-corrected chi connectivity index (χ3v) is 4.62. The van der Waals surface area contributed by atoms with Gasteiger partial charge < -0.3 is 15.3 Å². The predicted molar refractivity (Wildman–Crippen MR) is 112 cm³/mol. The maximum absolute atomic E-state index is 13.2. The molecule has 0 unspecified atom stereocenters. The topological polar surface area (TPSA) is 121 Å². The Labute approximate surface area is 176 Å². The van der Waals surface area contributed by atoms with Crippen LogP contribution < -0.4 is 0 Å². The van der Waals surface area contributed by atoms with Crippen molar-refractivity contribution in [3.05, 3.63) is 102 Å². The lowest BCUT2D eigenvalue weighted by Gasteiger charge is -2.10. The van der Waals surface area contributed by atoms with Gasteiger partial charge in [-0.2, -0.15) is 0 Å². The minimum absolute atomic E-state index is 0.000807. The molecule has 0 aliphatic carbocycles. The number of hydrogen-bond donors (Lipinski definition) is 3. The minimum atomic E-state index is -0.532. The molecule has 0 fully saturated rings. The van der Waals surface area contributed by atoms with Crippen LogP contribution in [0.1, 0.15) is 32.1 Å². The van der Waals surface area contributed by atoms with Crippen LogP contribution in [0.5, 0.6) is 17.2 Å². The highest BCUT2D eigenvalue weighted by atomic mass is 16.3. The summed E-state index contributed by atoms with van der Waals surface area (Å²) in [5.74, 6) is -0.968. The standard InChI is InChI=1S/C24H16N2O5/c27-17-7-1-14(2-8-17)20-13-25-21(23(30)15-3-9-18(28)10-4-15)22(26-20)24(31)16-5-11-19(29)12-6-16/h1-13,27-29H. The summed E-state index contributed by atoms with van der Waals surface area (Å²) in [6.07, 6.45) is 1.38. The SMILES string of the molecule is O=C(c1ccc(O)cc1)c1ncc(-c2ccc(O)cc2)nc1C(=O)c1ccc(O)cc1. The lowest BCUT2D eigenvalue weighted by Crippen LogP contribution is -2.16. The molecule has 152 valence electrons. The first-order valence-electron chi connectivity index (χ1n) is 9.26. The second kappa shape index (κ2) is 8.08. The summed E-state index contributed by atoms with van der Waals surface area (Å²) in [5.41, 5.74) is 1.15. The molecule has 0 atom stereocenters. The summed E-state index contributed by atoms with van der Waals surface area (Å²) in [6.45, 7) is 0. The summed E-state index contributed by atoms with van der Waals surface area (Å²) in [7, 11) is 0. The zero-order chi connectivity index (χ0) is 22.0. The van der Waals surface area contributed by atoms with E-state index in [9.17, 15) is 24.9 Å². The molecule has 0 saturated heterocycles. The summed E-state index contributed by atoms with van der Waals surface area (Å²) < 4.78 is 0. The molecule has 4 aromatic rings. The lowest BCUT2D eigenvalue weighted by atomic mass is 10.0. The number of nitrogens with zero attached hydrogens (tertiary/aromatic N) is 2. The van der Waals surface area contributed by atoms with E-state index in [2.05, 4.69) is 9.97 Å². The van der Waals surface area contributed by atoms with Gasteiger partial charge >= 0.3 is 0 Å². The fourth-order valence-electron chi connectivity index (χ4n) is 2.98. The Morgan fingerprint density at radius 2 is 1.00 bits per heavy atom. The highest BCUT2D eigenvalue weighted by Gasteiger charge is 2.24. The Balaban J connectivity index is 1.84. The van der Waals surface area contributed by atoms with E-state index in [1.807, 2.05) is 0 Å². The summed E-state index contributed by atoms with van der Waals surface area (Å²) >= 11 is 0. The Hall–Kier alpha value is -4.52. The first-order valence-corrected chi connectivity index (χ1v) is 9.26. The van der Waals surface area contributed by atoms with Crippen LogP contribution >= 0.6 is 0 Å². The molecule has 0 radical (unpaired) electrons. The number of phenolic OH excluding ortho intramolecular Hbond substituents is 3. The fourth-order valence-corrected chi connectivity index (χ4v) is 2.98. The van der Waals surface area contributed by atoms with Gasteiger partial charge in [0.15, 0.2) is 0 Å². The average Bonchev–Trinajstić information content (AvgIpc) is 2.79. The zero-order valence-electron chi connectivity index (χ0n) is 16.1. The van der Waals surface area contributed by atoms with E-state index in [4.69, 9.17) is 0 Å². The molecule has 31 heavy (non-hydrogen) atoms. The molecule has 7 nitrogen and oxygen atoms in total. The van der Waals surface area contributed by atoms with Crippen LogP contribution in [0.15, 0.2) is 79.0 Å². The van der Waals surface area contributed by atoms with E-state index in [0.29, 0.717) is 11.3 Å². The van der Waals surface area contributed by atoms with Crippen molar-refractivity contribution in [2.24, 2.45) is 0 Å². The molecular formula is C24H16N2O5. The van der Waals surface area contributed by atoms with E-state index < -0.39 is 11.6 Å². The van der Waals surface area contributed by atoms with E-state index in [1.165, 1.54) is 66.9 Å². The average molecular weight is 412 g/mol. The van der Waals surface area contributed by atoms with Crippen molar-refractivity contribution in [2.45, 2.75) is 0 Å². The van der Waals surface area contributed by atoms with Gasteiger partial charge in [0.05, 0.1) is 11.9 Å². The summed E-state index contributed by atoms with van der Waals surface area (Å²) in [5, 5.41) is 28.5. The van der Waals surface area contributed by atoms with Crippen molar-refractivity contribution < 1.29 is 24.9 Å². The maximum Gasteiger partial charge on any atom is 0.213 e. The van der Waals surface area contributed by atoms with E-state index in [0.717, 1.165) is 0 Å². The Morgan fingerprint density at radius 3 is 1.48 bits per heavy atom. The molecule has 0 amide bonds. The number of ketones is 2. The number of hydrogen-bond acceptors (Lipinski definition) is 7. The quantitative estimate of drug-likeness (QED) is 0.427. The van der Waals surface area contributed by atoms with Crippen LogP contribution in [0.3, 0.4) is 0 Å². The van der Waals surface area contributed by atoms with Gasteiger partial charge in [-0.3, -0.25) is 9.59 Å². The molecular weight excluding hydrogens is 396 g/mol. The fraction of sp³-hybridized carbons (Fsp3) is 0. The predicted octanol–water partition coefficient (Wildman–Crippen LogP) is 3.72. The van der Waals surface area contributed by atoms with Crippen LogP contribution in [0, 0.1) is 0 Å². The normalized spacial score (nSPS) is 10.6. The molecule has 0 saturated carbocycles. The van der Waals surface area contributed by atoms with Gasteiger partial charge in [0.1, 0.15) is 28.6 Å². The molecule has 4 rings (SSSR count). The third-order valence-electron chi connectivity index (χ3n) is 4.62. The summed E-state index contributed by atoms with van der Waals surface area (Å²) in [6, 6.07) is 17.4. The monoisotopic (exact) mass is 412 g/mol. The van der Waals surface area contributed by atoms with Gasteiger partial charge in [0, 0.05) is 16.7 Å². The van der Waals surface area contributed by atoms with Crippen molar-refractivity contribution in [1.29, 1.82) is 0 Å². The van der Waals surface area contributed by atoms with Gasteiger partial charge in [-0.05, 0) is 72.8 Å². The van der Waals surface area contributed by atoms with Gasteiger partial charge in [-0.25, -0.2) is 9.97 Å². The van der Waals surface area contributed by atoms with Crippen molar-refractivity contribution in [1.82, 2.24) is 9.97 Å². The smallest absolute Gasteiger partial charge is 0.213 e. The van der Waals surface area contributed by atoms with Crippen LogP contribution in [0.2, 0.25) is 0 Å². The van der Waals surface area contributed by atoms with Crippen LogP contribution in [-0.2, 0) is 0 Å². The minimum Gasteiger partial charge on any atom is -0.508 e. The van der Waals surface area contributed by atoms with Gasteiger partial charge in [-0.1, -0.05) is 0 Å². The molecule has 1 aromatic heterocycles. The number of rotatable bonds is 5. The number of aromatic nitrogens is 2. The number of aromatic hydroxyl groups is 3. The zero-order valence-corrected chi connectivity index (χ0v) is 16.1. The molecule has 0 spiro atoms. The van der Waals surface area contributed by atoms with Gasteiger partial charge in [0.25, 0.3) is 0 Å². The number of carbonyl (C=O) groups excluding carboxylic acids is 2. The molecule has 3 aromatic carbocycles. The molecule has 7 heteroatoms. The first-order chi connectivity index (χ1) is 14.9. The largest absolute Gasteiger partial charge is 0.508 e.